The SMILES string of the molecule is Cc1cc(NCc2cc(F)ccc2F)n2ncnc2n1. The Labute approximate surface area is 113 Å². The molecule has 3 rings (SSSR count). The number of anilines is 1. The first-order valence-corrected chi connectivity index (χ1v) is 5.98. The predicted octanol–water partition coefficient (Wildman–Crippen LogP) is 2.32. The Kier molecular flexibility index (Phi) is 3.02. The van der Waals surface area contributed by atoms with E-state index in [0.29, 0.717) is 11.6 Å². The van der Waals surface area contributed by atoms with Gasteiger partial charge in [0, 0.05) is 23.9 Å². The van der Waals surface area contributed by atoms with Gasteiger partial charge in [-0.15, -0.1) is 0 Å². The van der Waals surface area contributed by atoms with Crippen LogP contribution in [0.3, 0.4) is 0 Å². The van der Waals surface area contributed by atoms with Crippen molar-refractivity contribution in [3.63, 3.8) is 0 Å². The fourth-order valence-electron chi connectivity index (χ4n) is 1.92. The first-order valence-electron chi connectivity index (χ1n) is 5.98. The van der Waals surface area contributed by atoms with Crippen LogP contribution >= 0.6 is 0 Å². The number of halogens is 2. The summed E-state index contributed by atoms with van der Waals surface area (Å²) in [5.74, 6) is 0.139. The Morgan fingerprint density at radius 1 is 1.25 bits per heavy atom. The molecule has 0 aliphatic heterocycles. The van der Waals surface area contributed by atoms with E-state index in [1.807, 2.05) is 6.92 Å². The van der Waals surface area contributed by atoms with Crippen molar-refractivity contribution in [1.29, 1.82) is 0 Å². The summed E-state index contributed by atoms with van der Waals surface area (Å²) in [5.41, 5.74) is 1.00. The largest absolute Gasteiger partial charge is 0.366 e. The van der Waals surface area contributed by atoms with Crippen molar-refractivity contribution < 1.29 is 8.78 Å². The molecule has 20 heavy (non-hydrogen) atoms. The van der Waals surface area contributed by atoms with E-state index < -0.39 is 11.6 Å². The molecule has 3 aromatic rings. The van der Waals surface area contributed by atoms with Crippen LogP contribution in [0.2, 0.25) is 0 Å². The Balaban J connectivity index is 1.90. The lowest BCUT2D eigenvalue weighted by Crippen LogP contribution is -2.08. The number of hydrogen-bond acceptors (Lipinski definition) is 4. The molecule has 0 aliphatic carbocycles. The van der Waals surface area contributed by atoms with Crippen molar-refractivity contribution in [3.8, 4) is 0 Å². The van der Waals surface area contributed by atoms with Crippen LogP contribution < -0.4 is 5.32 Å². The molecule has 2 aromatic heterocycles. The van der Waals surface area contributed by atoms with Gasteiger partial charge >= 0.3 is 0 Å². The van der Waals surface area contributed by atoms with Gasteiger partial charge in [0.15, 0.2) is 0 Å². The summed E-state index contributed by atoms with van der Waals surface area (Å²) in [5, 5.41) is 7.04. The van der Waals surface area contributed by atoms with Crippen molar-refractivity contribution in [3.05, 3.63) is 53.5 Å². The number of nitrogens with one attached hydrogen (secondary N) is 1. The lowest BCUT2D eigenvalue weighted by atomic mass is 10.2. The van der Waals surface area contributed by atoms with Crippen LogP contribution in [-0.2, 0) is 6.54 Å². The highest BCUT2D eigenvalue weighted by Crippen LogP contribution is 2.14. The van der Waals surface area contributed by atoms with Crippen molar-refractivity contribution in [2.75, 3.05) is 5.32 Å². The van der Waals surface area contributed by atoms with Crippen molar-refractivity contribution in [2.24, 2.45) is 0 Å². The van der Waals surface area contributed by atoms with Crippen molar-refractivity contribution in [1.82, 2.24) is 19.6 Å². The number of hydrogen-bond donors (Lipinski definition) is 1. The maximum absolute atomic E-state index is 13.6. The third-order valence-corrected chi connectivity index (χ3v) is 2.85. The van der Waals surface area contributed by atoms with Gasteiger partial charge in [-0.2, -0.15) is 14.6 Å². The molecule has 1 N–H and O–H groups in total. The topological polar surface area (TPSA) is 55.1 Å². The fourth-order valence-corrected chi connectivity index (χ4v) is 1.92. The van der Waals surface area contributed by atoms with Crippen LogP contribution in [0.5, 0.6) is 0 Å². The third kappa shape index (κ3) is 2.29. The number of fused-ring (bicyclic) bond motifs is 1. The highest BCUT2D eigenvalue weighted by atomic mass is 19.1. The average molecular weight is 275 g/mol. The van der Waals surface area contributed by atoms with Crippen LogP contribution in [0.15, 0.2) is 30.6 Å². The zero-order valence-corrected chi connectivity index (χ0v) is 10.6. The van der Waals surface area contributed by atoms with Gasteiger partial charge in [-0.25, -0.2) is 13.8 Å². The number of rotatable bonds is 3. The Morgan fingerprint density at radius 2 is 2.10 bits per heavy atom. The predicted molar refractivity (Wildman–Crippen MR) is 69.2 cm³/mol. The standard InChI is InChI=1S/C13H11F2N5/c1-8-4-12(20-13(19-8)17-7-18-20)16-6-9-5-10(14)2-3-11(9)15/h2-5,7,16H,6H2,1H3. The molecular formula is C13H11F2N5. The van der Waals surface area contributed by atoms with E-state index in [9.17, 15) is 8.78 Å². The number of benzene rings is 1. The van der Waals surface area contributed by atoms with Gasteiger partial charge in [0.2, 0.25) is 0 Å². The number of nitrogens with zero attached hydrogens (tertiary/aromatic N) is 4. The van der Waals surface area contributed by atoms with Gasteiger partial charge in [0.25, 0.3) is 5.78 Å². The van der Waals surface area contributed by atoms with Crippen LogP contribution in [0.1, 0.15) is 11.3 Å². The number of aryl methyl sites for hydroxylation is 1. The summed E-state index contributed by atoms with van der Waals surface area (Å²) in [6.45, 7) is 1.96. The van der Waals surface area contributed by atoms with Gasteiger partial charge in [-0.3, -0.25) is 0 Å². The molecule has 5 nitrogen and oxygen atoms in total. The molecule has 2 heterocycles. The molecule has 0 atom stereocenters. The van der Waals surface area contributed by atoms with Crippen LogP contribution in [-0.4, -0.2) is 19.6 Å². The highest BCUT2D eigenvalue weighted by Gasteiger charge is 2.07. The Hall–Kier alpha value is -2.57. The minimum absolute atomic E-state index is 0.141. The summed E-state index contributed by atoms with van der Waals surface area (Å²) < 4.78 is 28.2. The molecular weight excluding hydrogens is 264 g/mol. The molecule has 0 radical (unpaired) electrons. The van der Waals surface area contributed by atoms with E-state index in [0.717, 1.165) is 23.9 Å². The summed E-state index contributed by atoms with van der Waals surface area (Å²) in [4.78, 5) is 8.19. The maximum Gasteiger partial charge on any atom is 0.254 e. The zero-order valence-electron chi connectivity index (χ0n) is 10.6. The van der Waals surface area contributed by atoms with Crippen LogP contribution in [0.4, 0.5) is 14.6 Å². The summed E-state index contributed by atoms with van der Waals surface area (Å²) >= 11 is 0. The second-order valence-corrected chi connectivity index (χ2v) is 4.34. The molecule has 1 aromatic carbocycles. The normalized spacial score (nSPS) is 10.9. The van der Waals surface area contributed by atoms with Crippen molar-refractivity contribution >= 4 is 11.6 Å². The second-order valence-electron chi connectivity index (χ2n) is 4.34. The molecule has 0 spiro atoms. The third-order valence-electron chi connectivity index (χ3n) is 2.85. The van der Waals surface area contributed by atoms with E-state index in [-0.39, 0.29) is 12.1 Å². The van der Waals surface area contributed by atoms with Gasteiger partial charge in [-0.1, -0.05) is 0 Å². The molecule has 102 valence electrons. The summed E-state index contributed by atoms with van der Waals surface area (Å²) in [6.07, 6.45) is 1.38. The minimum Gasteiger partial charge on any atom is -0.366 e. The lowest BCUT2D eigenvalue weighted by molar-refractivity contribution is 0.587. The van der Waals surface area contributed by atoms with Gasteiger partial charge in [0.1, 0.15) is 23.8 Å². The van der Waals surface area contributed by atoms with Crippen molar-refractivity contribution in [2.45, 2.75) is 13.5 Å². The number of aromatic nitrogens is 4. The zero-order chi connectivity index (χ0) is 14.1. The molecule has 0 aliphatic rings. The minimum atomic E-state index is -0.472. The van der Waals surface area contributed by atoms with E-state index in [1.54, 1.807) is 6.07 Å². The van der Waals surface area contributed by atoms with E-state index >= 15 is 0 Å². The first kappa shape index (κ1) is 12.5. The smallest absolute Gasteiger partial charge is 0.254 e. The molecule has 0 unspecified atom stereocenters. The maximum atomic E-state index is 13.6. The Bertz CT molecular complexity index is 769. The molecule has 0 saturated heterocycles. The molecule has 7 heteroatoms. The van der Waals surface area contributed by atoms with Crippen LogP contribution in [0, 0.1) is 18.6 Å². The average Bonchev–Trinajstić information content (AvgIpc) is 2.87. The highest BCUT2D eigenvalue weighted by molar-refractivity contribution is 5.45. The monoisotopic (exact) mass is 275 g/mol. The fraction of sp³-hybridized carbons (Fsp3) is 0.154. The lowest BCUT2D eigenvalue weighted by Gasteiger charge is -2.09. The van der Waals surface area contributed by atoms with E-state index in [4.69, 9.17) is 0 Å². The molecule has 0 amide bonds. The first-order chi connectivity index (χ1) is 9.63. The second kappa shape index (κ2) is 4.84. The van der Waals surface area contributed by atoms with E-state index in [1.165, 1.54) is 10.8 Å². The quantitative estimate of drug-likeness (QED) is 0.797. The Morgan fingerprint density at radius 3 is 2.95 bits per heavy atom. The molecule has 0 fully saturated rings. The van der Waals surface area contributed by atoms with Gasteiger partial charge in [0.05, 0.1) is 0 Å². The van der Waals surface area contributed by atoms with Gasteiger partial charge in [-0.05, 0) is 25.1 Å². The molecule has 0 bridgehead atoms. The molecule has 0 saturated carbocycles. The van der Waals surface area contributed by atoms with Crippen LogP contribution in [0.25, 0.3) is 5.78 Å². The van der Waals surface area contributed by atoms with Gasteiger partial charge < -0.3 is 5.32 Å². The van der Waals surface area contributed by atoms with E-state index in [2.05, 4.69) is 20.4 Å². The summed E-state index contributed by atoms with van der Waals surface area (Å²) in [6, 6.07) is 5.12. The summed E-state index contributed by atoms with van der Waals surface area (Å²) in [7, 11) is 0.